The van der Waals surface area contributed by atoms with E-state index in [-0.39, 0.29) is 18.0 Å². The van der Waals surface area contributed by atoms with Crippen LogP contribution in [-0.4, -0.2) is 41.7 Å². The molecule has 3 rings (SSSR count). The molecule has 1 aliphatic rings. The number of ether oxygens (including phenoxy) is 1. The van der Waals surface area contributed by atoms with E-state index in [4.69, 9.17) is 4.74 Å². The average Bonchev–Trinajstić information content (AvgIpc) is 3.01. The van der Waals surface area contributed by atoms with Crippen LogP contribution in [-0.2, 0) is 18.3 Å². The maximum atomic E-state index is 13.2. The Bertz CT molecular complexity index is 725. The third kappa shape index (κ3) is 4.20. The lowest BCUT2D eigenvalue weighted by molar-refractivity contribution is -0.0605. The zero-order valence-corrected chi connectivity index (χ0v) is 14.9. The molecule has 2 aromatic rings. The largest absolute Gasteiger partial charge is 0.367 e. The number of aryl methyl sites for hydroxylation is 1. The van der Waals surface area contributed by atoms with Gasteiger partial charge in [0.2, 0.25) is 0 Å². The van der Waals surface area contributed by atoms with Crippen LogP contribution in [0.3, 0.4) is 0 Å². The molecular formula is C19H25FN4O. The van der Waals surface area contributed by atoms with Gasteiger partial charge < -0.3 is 19.5 Å². The molecule has 5 nitrogen and oxygen atoms in total. The molecule has 1 aliphatic heterocycles. The minimum Gasteiger partial charge on any atom is -0.367 e. The molecule has 0 bridgehead atoms. The topological polar surface area (TPSA) is 41.8 Å². The summed E-state index contributed by atoms with van der Waals surface area (Å²) in [5, 5.41) is 3.42. The lowest BCUT2D eigenvalue weighted by Crippen LogP contribution is -2.50. The lowest BCUT2D eigenvalue weighted by Gasteiger charge is -2.38. The standard InChI is InChI=1S/C19H25FN4O/c1-14-12-24(13-18(25-14)15-6-8-16(20)9-7-15)19(21-2)22-11-17-5-4-10-23(17)3/h4-10,14,18H,11-13H2,1-3H3,(H,21,22). The Morgan fingerprint density at radius 2 is 2.04 bits per heavy atom. The number of benzene rings is 1. The fourth-order valence-corrected chi connectivity index (χ4v) is 3.17. The smallest absolute Gasteiger partial charge is 0.194 e. The molecule has 1 saturated heterocycles. The minimum absolute atomic E-state index is 0.0670. The van der Waals surface area contributed by atoms with Gasteiger partial charge in [-0.1, -0.05) is 12.1 Å². The molecule has 1 aromatic carbocycles. The first kappa shape index (κ1) is 17.5. The van der Waals surface area contributed by atoms with Crippen molar-refractivity contribution in [3.05, 3.63) is 59.7 Å². The first-order chi connectivity index (χ1) is 12.1. The highest BCUT2D eigenvalue weighted by molar-refractivity contribution is 5.80. The van der Waals surface area contributed by atoms with Gasteiger partial charge in [0.1, 0.15) is 11.9 Å². The molecule has 0 saturated carbocycles. The third-order valence-corrected chi connectivity index (χ3v) is 4.49. The van der Waals surface area contributed by atoms with Crippen LogP contribution in [0.2, 0.25) is 0 Å². The number of hydrogen-bond acceptors (Lipinski definition) is 2. The van der Waals surface area contributed by atoms with Gasteiger partial charge in [-0.2, -0.15) is 0 Å². The Balaban J connectivity index is 1.68. The van der Waals surface area contributed by atoms with Crippen molar-refractivity contribution < 1.29 is 9.13 Å². The first-order valence-electron chi connectivity index (χ1n) is 8.53. The Kier molecular flexibility index (Phi) is 5.38. The summed E-state index contributed by atoms with van der Waals surface area (Å²) in [6.07, 6.45) is 2.00. The molecule has 6 heteroatoms. The van der Waals surface area contributed by atoms with Crippen molar-refractivity contribution in [2.24, 2.45) is 12.0 Å². The molecule has 0 radical (unpaired) electrons. The Morgan fingerprint density at radius 1 is 1.28 bits per heavy atom. The maximum absolute atomic E-state index is 13.2. The Hall–Kier alpha value is -2.34. The third-order valence-electron chi connectivity index (χ3n) is 4.49. The van der Waals surface area contributed by atoms with Crippen molar-refractivity contribution in [2.75, 3.05) is 20.1 Å². The number of hydrogen-bond donors (Lipinski definition) is 1. The summed E-state index contributed by atoms with van der Waals surface area (Å²) in [6.45, 7) is 4.21. The fourth-order valence-electron chi connectivity index (χ4n) is 3.17. The molecule has 25 heavy (non-hydrogen) atoms. The molecule has 134 valence electrons. The van der Waals surface area contributed by atoms with Crippen molar-refractivity contribution >= 4 is 5.96 Å². The average molecular weight is 344 g/mol. The molecular weight excluding hydrogens is 319 g/mol. The first-order valence-corrected chi connectivity index (χ1v) is 8.53. The van der Waals surface area contributed by atoms with Gasteiger partial charge in [0.15, 0.2) is 5.96 Å². The van der Waals surface area contributed by atoms with Crippen LogP contribution in [0.25, 0.3) is 0 Å². The monoisotopic (exact) mass is 344 g/mol. The normalized spacial score (nSPS) is 21.4. The number of aromatic nitrogens is 1. The summed E-state index contributed by atoms with van der Waals surface area (Å²) in [4.78, 5) is 6.62. The van der Waals surface area contributed by atoms with Crippen LogP contribution in [0.5, 0.6) is 0 Å². The highest BCUT2D eigenvalue weighted by atomic mass is 19.1. The number of guanidine groups is 1. The molecule has 2 atom stereocenters. The molecule has 1 aromatic heterocycles. The molecule has 1 N–H and O–H groups in total. The molecule has 0 spiro atoms. The van der Waals surface area contributed by atoms with E-state index in [9.17, 15) is 4.39 Å². The summed E-state index contributed by atoms with van der Waals surface area (Å²) in [7, 11) is 3.82. The zero-order chi connectivity index (χ0) is 17.8. The highest BCUT2D eigenvalue weighted by Gasteiger charge is 2.28. The van der Waals surface area contributed by atoms with Crippen LogP contribution in [0.15, 0.2) is 47.6 Å². The molecule has 0 amide bonds. The quantitative estimate of drug-likeness (QED) is 0.688. The van der Waals surface area contributed by atoms with E-state index in [0.717, 1.165) is 18.1 Å². The fraction of sp³-hybridized carbons (Fsp3) is 0.421. The number of nitrogens with one attached hydrogen (secondary N) is 1. The Labute approximate surface area is 148 Å². The van der Waals surface area contributed by atoms with Gasteiger partial charge in [-0.05, 0) is 36.8 Å². The Morgan fingerprint density at radius 3 is 2.68 bits per heavy atom. The predicted molar refractivity (Wildman–Crippen MR) is 96.9 cm³/mol. The van der Waals surface area contributed by atoms with Crippen molar-refractivity contribution in [1.29, 1.82) is 0 Å². The minimum atomic E-state index is -0.232. The molecule has 1 fully saturated rings. The molecule has 2 heterocycles. The highest BCUT2D eigenvalue weighted by Crippen LogP contribution is 2.25. The summed E-state index contributed by atoms with van der Waals surface area (Å²) < 4.78 is 21.3. The summed E-state index contributed by atoms with van der Waals surface area (Å²) in [5.74, 6) is 0.618. The van der Waals surface area contributed by atoms with E-state index in [0.29, 0.717) is 13.1 Å². The van der Waals surface area contributed by atoms with Gasteiger partial charge in [-0.25, -0.2) is 4.39 Å². The second-order valence-electron chi connectivity index (χ2n) is 6.40. The molecule has 2 unspecified atom stereocenters. The van der Waals surface area contributed by atoms with Crippen LogP contribution in [0.4, 0.5) is 4.39 Å². The van der Waals surface area contributed by atoms with Gasteiger partial charge in [0.05, 0.1) is 19.2 Å². The number of aliphatic imine (C=N–C) groups is 1. The van der Waals surface area contributed by atoms with Crippen molar-refractivity contribution in [2.45, 2.75) is 25.7 Å². The number of rotatable bonds is 3. The summed E-state index contributed by atoms with van der Waals surface area (Å²) in [6, 6.07) is 10.6. The van der Waals surface area contributed by atoms with E-state index in [1.54, 1.807) is 19.2 Å². The van der Waals surface area contributed by atoms with Crippen LogP contribution >= 0.6 is 0 Å². The van der Waals surface area contributed by atoms with Gasteiger partial charge in [0, 0.05) is 32.5 Å². The van der Waals surface area contributed by atoms with Crippen LogP contribution in [0.1, 0.15) is 24.3 Å². The van der Waals surface area contributed by atoms with E-state index >= 15 is 0 Å². The van der Waals surface area contributed by atoms with Crippen molar-refractivity contribution in [3.63, 3.8) is 0 Å². The molecule has 0 aliphatic carbocycles. The maximum Gasteiger partial charge on any atom is 0.194 e. The van der Waals surface area contributed by atoms with Crippen molar-refractivity contribution in [3.8, 4) is 0 Å². The van der Waals surface area contributed by atoms with Gasteiger partial charge in [-0.3, -0.25) is 4.99 Å². The SMILES string of the molecule is CN=C(NCc1cccn1C)N1CC(C)OC(c2ccc(F)cc2)C1. The second-order valence-corrected chi connectivity index (χ2v) is 6.40. The lowest BCUT2D eigenvalue weighted by atomic mass is 10.1. The van der Waals surface area contributed by atoms with E-state index in [2.05, 4.69) is 25.8 Å². The van der Waals surface area contributed by atoms with Gasteiger partial charge in [0.25, 0.3) is 0 Å². The van der Waals surface area contributed by atoms with E-state index in [1.807, 2.05) is 26.2 Å². The van der Waals surface area contributed by atoms with E-state index < -0.39 is 0 Å². The number of morpholine rings is 1. The second kappa shape index (κ2) is 7.70. The van der Waals surface area contributed by atoms with Gasteiger partial charge in [-0.15, -0.1) is 0 Å². The van der Waals surface area contributed by atoms with Crippen LogP contribution in [0, 0.1) is 5.82 Å². The number of nitrogens with zero attached hydrogens (tertiary/aromatic N) is 3. The van der Waals surface area contributed by atoms with E-state index in [1.165, 1.54) is 17.8 Å². The zero-order valence-electron chi connectivity index (χ0n) is 14.9. The van der Waals surface area contributed by atoms with Crippen molar-refractivity contribution in [1.82, 2.24) is 14.8 Å². The summed E-state index contributed by atoms with van der Waals surface area (Å²) in [5.41, 5.74) is 2.17. The van der Waals surface area contributed by atoms with Gasteiger partial charge >= 0.3 is 0 Å². The predicted octanol–water partition coefficient (Wildman–Crippen LogP) is 2.70. The number of halogens is 1. The van der Waals surface area contributed by atoms with Crippen LogP contribution < -0.4 is 5.32 Å². The summed E-state index contributed by atoms with van der Waals surface area (Å²) >= 11 is 0.